The van der Waals surface area contributed by atoms with E-state index in [1.165, 1.54) is 0 Å². The number of hydrogen-bond acceptors (Lipinski definition) is 3. The van der Waals surface area contributed by atoms with Crippen molar-refractivity contribution >= 4 is 27.5 Å². The minimum absolute atomic E-state index is 0.241. The van der Waals surface area contributed by atoms with Crippen molar-refractivity contribution in [3.05, 3.63) is 58.3 Å². The molecule has 5 heteroatoms. The third kappa shape index (κ3) is 3.88. The van der Waals surface area contributed by atoms with Gasteiger partial charge in [0.15, 0.2) is 0 Å². The number of hydrogen-bond donors (Lipinski definition) is 1. The van der Waals surface area contributed by atoms with E-state index < -0.39 is 0 Å². The van der Waals surface area contributed by atoms with Crippen LogP contribution in [0.4, 0.5) is 5.69 Å². The highest BCUT2D eigenvalue weighted by molar-refractivity contribution is 9.10. The van der Waals surface area contributed by atoms with Crippen LogP contribution in [0.25, 0.3) is 0 Å². The molecule has 1 amide bonds. The minimum atomic E-state index is -0.241. The van der Waals surface area contributed by atoms with Crippen molar-refractivity contribution < 1.29 is 9.53 Å². The molecule has 4 nitrogen and oxygen atoms in total. The summed E-state index contributed by atoms with van der Waals surface area (Å²) in [4.78, 5) is 16.3. The highest BCUT2D eigenvalue weighted by Crippen LogP contribution is 2.17. The van der Waals surface area contributed by atoms with Crippen LogP contribution in [-0.4, -0.2) is 17.5 Å². The standard InChI is InChI=1S/C15H15BrN2O2/c1-2-20-10-11-6-3-4-7-12(11)18-15(19)13-8-5-9-14(16)17-13/h3-9H,2,10H2,1H3,(H,18,19). The van der Waals surface area contributed by atoms with Gasteiger partial charge in [0.1, 0.15) is 10.3 Å². The molecule has 1 aromatic carbocycles. The molecule has 2 aromatic rings. The van der Waals surface area contributed by atoms with E-state index in [9.17, 15) is 4.79 Å². The van der Waals surface area contributed by atoms with E-state index in [1.54, 1.807) is 18.2 Å². The van der Waals surface area contributed by atoms with E-state index in [-0.39, 0.29) is 5.91 Å². The first-order chi connectivity index (χ1) is 9.70. The molecule has 0 bridgehead atoms. The Morgan fingerprint density at radius 2 is 2.05 bits per heavy atom. The van der Waals surface area contributed by atoms with Crippen LogP contribution in [0.1, 0.15) is 23.0 Å². The number of nitrogens with zero attached hydrogens (tertiary/aromatic N) is 1. The fraction of sp³-hybridized carbons (Fsp3) is 0.200. The fourth-order valence-corrected chi connectivity index (χ4v) is 2.04. The van der Waals surface area contributed by atoms with Crippen LogP contribution in [0.15, 0.2) is 47.1 Å². The Kier molecular flexibility index (Phi) is 5.26. The maximum absolute atomic E-state index is 12.2. The number of carbonyl (C=O) groups excluding carboxylic acids is 1. The van der Waals surface area contributed by atoms with Gasteiger partial charge in [-0.3, -0.25) is 4.79 Å². The van der Waals surface area contributed by atoms with Crippen LogP contribution in [-0.2, 0) is 11.3 Å². The number of pyridine rings is 1. The summed E-state index contributed by atoms with van der Waals surface area (Å²) in [6, 6.07) is 12.8. The Morgan fingerprint density at radius 1 is 1.25 bits per heavy atom. The second kappa shape index (κ2) is 7.17. The quantitative estimate of drug-likeness (QED) is 0.849. The van der Waals surface area contributed by atoms with Gasteiger partial charge in [0.25, 0.3) is 5.91 Å². The zero-order chi connectivity index (χ0) is 14.4. The van der Waals surface area contributed by atoms with Crippen molar-refractivity contribution in [2.75, 3.05) is 11.9 Å². The lowest BCUT2D eigenvalue weighted by Crippen LogP contribution is -2.15. The number of rotatable bonds is 5. The summed E-state index contributed by atoms with van der Waals surface area (Å²) in [5.74, 6) is -0.241. The van der Waals surface area contributed by atoms with Gasteiger partial charge in [-0.25, -0.2) is 4.98 Å². The second-order valence-electron chi connectivity index (χ2n) is 4.09. The Morgan fingerprint density at radius 3 is 2.80 bits per heavy atom. The van der Waals surface area contributed by atoms with Gasteiger partial charge in [0.05, 0.1) is 6.61 Å². The van der Waals surface area contributed by atoms with Crippen LogP contribution >= 0.6 is 15.9 Å². The number of amides is 1. The van der Waals surface area contributed by atoms with E-state index in [0.29, 0.717) is 23.5 Å². The van der Waals surface area contributed by atoms with Crippen LogP contribution < -0.4 is 5.32 Å². The molecule has 2 rings (SSSR count). The molecule has 1 N–H and O–H groups in total. The van der Waals surface area contributed by atoms with E-state index in [4.69, 9.17) is 4.74 Å². The number of ether oxygens (including phenoxy) is 1. The van der Waals surface area contributed by atoms with E-state index in [0.717, 1.165) is 11.3 Å². The molecule has 0 saturated carbocycles. The summed E-state index contributed by atoms with van der Waals surface area (Å²) in [6.45, 7) is 3.04. The van der Waals surface area contributed by atoms with Crippen LogP contribution in [0.3, 0.4) is 0 Å². The van der Waals surface area contributed by atoms with Gasteiger partial charge in [-0.15, -0.1) is 0 Å². The summed E-state index contributed by atoms with van der Waals surface area (Å²) >= 11 is 3.25. The zero-order valence-electron chi connectivity index (χ0n) is 11.1. The zero-order valence-corrected chi connectivity index (χ0v) is 12.7. The molecule has 0 saturated heterocycles. The molecule has 104 valence electrons. The summed E-state index contributed by atoms with van der Waals surface area (Å²) in [6.07, 6.45) is 0. The van der Waals surface area contributed by atoms with Gasteiger partial charge < -0.3 is 10.1 Å². The predicted octanol–water partition coefficient (Wildman–Crippen LogP) is 3.63. The molecule has 0 aliphatic heterocycles. The lowest BCUT2D eigenvalue weighted by atomic mass is 10.2. The van der Waals surface area contributed by atoms with Crippen molar-refractivity contribution in [2.24, 2.45) is 0 Å². The molecule has 0 unspecified atom stereocenters. The number of nitrogens with one attached hydrogen (secondary N) is 1. The monoisotopic (exact) mass is 334 g/mol. The van der Waals surface area contributed by atoms with Gasteiger partial charge in [0, 0.05) is 17.9 Å². The summed E-state index contributed by atoms with van der Waals surface area (Å²) in [5.41, 5.74) is 2.05. The van der Waals surface area contributed by atoms with Crippen molar-refractivity contribution in [1.29, 1.82) is 0 Å². The minimum Gasteiger partial charge on any atom is -0.377 e. The van der Waals surface area contributed by atoms with Gasteiger partial charge in [-0.1, -0.05) is 24.3 Å². The van der Waals surface area contributed by atoms with Crippen LogP contribution in [0.2, 0.25) is 0 Å². The lowest BCUT2D eigenvalue weighted by molar-refractivity contribution is 0.102. The molecule has 1 heterocycles. The number of para-hydroxylation sites is 1. The van der Waals surface area contributed by atoms with Gasteiger partial charge in [-0.2, -0.15) is 0 Å². The maximum atomic E-state index is 12.2. The smallest absolute Gasteiger partial charge is 0.274 e. The normalized spacial score (nSPS) is 10.3. The third-order valence-electron chi connectivity index (χ3n) is 2.68. The Balaban J connectivity index is 2.15. The molecule has 0 spiro atoms. The molecule has 0 aliphatic carbocycles. The Labute approximate surface area is 126 Å². The fourth-order valence-electron chi connectivity index (χ4n) is 1.70. The summed E-state index contributed by atoms with van der Waals surface area (Å²) in [7, 11) is 0. The summed E-state index contributed by atoms with van der Waals surface area (Å²) in [5, 5.41) is 2.86. The SMILES string of the molecule is CCOCc1ccccc1NC(=O)c1cccc(Br)n1. The van der Waals surface area contributed by atoms with E-state index >= 15 is 0 Å². The first-order valence-corrected chi connectivity index (χ1v) is 7.09. The second-order valence-corrected chi connectivity index (χ2v) is 4.91. The molecule has 20 heavy (non-hydrogen) atoms. The van der Waals surface area contributed by atoms with Crippen molar-refractivity contribution in [3.63, 3.8) is 0 Å². The Bertz CT molecular complexity index is 602. The first-order valence-electron chi connectivity index (χ1n) is 6.30. The predicted molar refractivity (Wildman–Crippen MR) is 81.7 cm³/mol. The number of aromatic nitrogens is 1. The van der Waals surface area contributed by atoms with Crippen LogP contribution in [0.5, 0.6) is 0 Å². The van der Waals surface area contributed by atoms with Gasteiger partial charge in [-0.05, 0) is 41.1 Å². The van der Waals surface area contributed by atoms with Gasteiger partial charge >= 0.3 is 0 Å². The molecule has 1 aromatic heterocycles. The lowest BCUT2D eigenvalue weighted by Gasteiger charge is -2.10. The molecular formula is C15H15BrN2O2. The van der Waals surface area contributed by atoms with Gasteiger partial charge in [0.2, 0.25) is 0 Å². The number of halogens is 1. The average molecular weight is 335 g/mol. The van der Waals surface area contributed by atoms with Crippen molar-refractivity contribution in [2.45, 2.75) is 13.5 Å². The van der Waals surface area contributed by atoms with Crippen molar-refractivity contribution in [1.82, 2.24) is 4.98 Å². The largest absolute Gasteiger partial charge is 0.377 e. The number of anilines is 1. The third-order valence-corrected chi connectivity index (χ3v) is 3.12. The Hall–Kier alpha value is -1.72. The molecule has 0 radical (unpaired) electrons. The maximum Gasteiger partial charge on any atom is 0.274 e. The average Bonchev–Trinajstić information content (AvgIpc) is 2.46. The topological polar surface area (TPSA) is 51.2 Å². The van der Waals surface area contributed by atoms with E-state index in [2.05, 4.69) is 26.2 Å². The number of carbonyl (C=O) groups is 1. The van der Waals surface area contributed by atoms with Crippen LogP contribution in [0, 0.1) is 0 Å². The molecule has 0 aliphatic rings. The first kappa shape index (κ1) is 14.7. The molecule has 0 fully saturated rings. The van der Waals surface area contributed by atoms with Crippen molar-refractivity contribution in [3.8, 4) is 0 Å². The van der Waals surface area contributed by atoms with E-state index in [1.807, 2.05) is 31.2 Å². The molecule has 0 atom stereocenters. The number of benzene rings is 1. The summed E-state index contributed by atoms with van der Waals surface area (Å²) < 4.78 is 6.02. The highest BCUT2D eigenvalue weighted by atomic mass is 79.9. The highest BCUT2D eigenvalue weighted by Gasteiger charge is 2.10. The molecular weight excluding hydrogens is 320 g/mol.